The SMILES string of the molecule is CN=C1S/C(=C\c2cccn2-c2ccc(Cl)cc2)C(=O)N1C. The van der Waals surface area contributed by atoms with Gasteiger partial charge in [0.25, 0.3) is 5.91 Å². The molecule has 3 rings (SSSR count). The van der Waals surface area contributed by atoms with Gasteiger partial charge in [-0.25, -0.2) is 0 Å². The highest BCUT2D eigenvalue weighted by Crippen LogP contribution is 2.31. The summed E-state index contributed by atoms with van der Waals surface area (Å²) in [6, 6.07) is 11.5. The van der Waals surface area contributed by atoms with Crippen molar-refractivity contribution in [1.82, 2.24) is 9.47 Å². The minimum absolute atomic E-state index is 0.0329. The Morgan fingerprint density at radius 1 is 1.23 bits per heavy atom. The second-order valence-electron chi connectivity index (χ2n) is 4.76. The number of benzene rings is 1. The lowest BCUT2D eigenvalue weighted by molar-refractivity contribution is -0.121. The Labute approximate surface area is 138 Å². The van der Waals surface area contributed by atoms with Gasteiger partial charge >= 0.3 is 0 Å². The van der Waals surface area contributed by atoms with Crippen molar-refractivity contribution in [3.63, 3.8) is 0 Å². The standard InChI is InChI=1S/C16H14ClN3OS/c1-18-16-19(2)15(21)14(22-16)10-13-4-3-9-20(13)12-7-5-11(17)6-8-12/h3-10H,1-2H3/b14-10-,18-16?. The van der Waals surface area contributed by atoms with Crippen LogP contribution in [-0.4, -0.2) is 34.6 Å². The summed E-state index contributed by atoms with van der Waals surface area (Å²) in [7, 11) is 3.42. The normalized spacial score (nSPS) is 18.7. The Kier molecular flexibility index (Phi) is 4.09. The van der Waals surface area contributed by atoms with Gasteiger partial charge in [-0.1, -0.05) is 11.6 Å². The number of likely N-dealkylation sites (N-methyl/N-ethyl adjacent to an activating group) is 1. The van der Waals surface area contributed by atoms with Gasteiger partial charge in [-0.15, -0.1) is 0 Å². The van der Waals surface area contributed by atoms with Gasteiger partial charge in [0.2, 0.25) is 0 Å². The maximum Gasteiger partial charge on any atom is 0.266 e. The third-order valence-electron chi connectivity index (χ3n) is 3.36. The molecule has 0 radical (unpaired) electrons. The molecular formula is C16H14ClN3OS. The number of halogens is 1. The van der Waals surface area contributed by atoms with E-state index in [9.17, 15) is 4.79 Å². The first kappa shape index (κ1) is 14.9. The molecule has 1 amide bonds. The summed E-state index contributed by atoms with van der Waals surface area (Å²) < 4.78 is 2.01. The monoisotopic (exact) mass is 331 g/mol. The average molecular weight is 332 g/mol. The Balaban J connectivity index is 1.98. The highest BCUT2D eigenvalue weighted by Gasteiger charge is 2.29. The first-order valence-corrected chi connectivity index (χ1v) is 7.87. The number of aliphatic imine (C=N–C) groups is 1. The van der Waals surface area contributed by atoms with Crippen molar-refractivity contribution >= 4 is 40.5 Å². The zero-order valence-electron chi connectivity index (χ0n) is 12.2. The van der Waals surface area contributed by atoms with Crippen LogP contribution in [0.1, 0.15) is 5.69 Å². The summed E-state index contributed by atoms with van der Waals surface area (Å²) in [6.07, 6.45) is 3.84. The quantitative estimate of drug-likeness (QED) is 0.787. The van der Waals surface area contributed by atoms with Gasteiger partial charge in [-0.05, 0) is 54.2 Å². The lowest BCUT2D eigenvalue weighted by atomic mass is 10.3. The van der Waals surface area contributed by atoms with E-state index in [1.807, 2.05) is 53.2 Å². The maximum absolute atomic E-state index is 12.2. The number of hydrogen-bond acceptors (Lipinski definition) is 3. The van der Waals surface area contributed by atoms with Gasteiger partial charge in [-0.3, -0.25) is 14.7 Å². The van der Waals surface area contributed by atoms with E-state index in [-0.39, 0.29) is 5.91 Å². The molecule has 0 aliphatic carbocycles. The Hall–Kier alpha value is -1.98. The molecular weight excluding hydrogens is 318 g/mol. The van der Waals surface area contributed by atoms with Crippen LogP contribution in [0.15, 0.2) is 52.5 Å². The average Bonchev–Trinajstić information content (AvgIpc) is 3.08. The number of rotatable bonds is 2. The first-order valence-electron chi connectivity index (χ1n) is 6.68. The van der Waals surface area contributed by atoms with Crippen molar-refractivity contribution in [2.45, 2.75) is 0 Å². The molecule has 1 fully saturated rings. The van der Waals surface area contributed by atoms with Crippen molar-refractivity contribution in [3.05, 3.63) is 58.2 Å². The van der Waals surface area contributed by atoms with Gasteiger partial charge in [-0.2, -0.15) is 0 Å². The van der Waals surface area contributed by atoms with Crippen LogP contribution in [0, 0.1) is 0 Å². The van der Waals surface area contributed by atoms with E-state index in [0.29, 0.717) is 15.1 Å². The van der Waals surface area contributed by atoms with E-state index in [1.54, 1.807) is 19.0 Å². The zero-order valence-corrected chi connectivity index (χ0v) is 13.7. The second kappa shape index (κ2) is 6.02. The minimum Gasteiger partial charge on any atom is -0.317 e. The molecule has 0 atom stereocenters. The van der Waals surface area contributed by atoms with Gasteiger partial charge in [0, 0.05) is 36.7 Å². The highest BCUT2D eigenvalue weighted by atomic mass is 35.5. The van der Waals surface area contributed by atoms with Crippen LogP contribution in [0.25, 0.3) is 11.8 Å². The number of carbonyl (C=O) groups is 1. The van der Waals surface area contributed by atoms with Crippen molar-refractivity contribution in [3.8, 4) is 5.69 Å². The molecule has 22 heavy (non-hydrogen) atoms. The molecule has 0 saturated carbocycles. The van der Waals surface area contributed by atoms with Gasteiger partial charge < -0.3 is 4.57 Å². The third-order valence-corrected chi connectivity index (χ3v) is 4.76. The van der Waals surface area contributed by atoms with Crippen molar-refractivity contribution < 1.29 is 4.79 Å². The van der Waals surface area contributed by atoms with E-state index in [0.717, 1.165) is 11.4 Å². The summed E-state index contributed by atoms with van der Waals surface area (Å²) in [5.74, 6) is -0.0329. The van der Waals surface area contributed by atoms with E-state index in [2.05, 4.69) is 4.99 Å². The van der Waals surface area contributed by atoms with E-state index in [4.69, 9.17) is 11.6 Å². The molecule has 0 N–H and O–H groups in total. The van der Waals surface area contributed by atoms with Gasteiger partial charge in [0.05, 0.1) is 4.91 Å². The lowest BCUT2D eigenvalue weighted by Crippen LogP contribution is -2.23. The van der Waals surface area contributed by atoms with E-state index in [1.165, 1.54) is 11.8 Å². The number of carbonyl (C=O) groups excluding carboxylic acids is 1. The Morgan fingerprint density at radius 3 is 2.59 bits per heavy atom. The van der Waals surface area contributed by atoms with Crippen LogP contribution >= 0.6 is 23.4 Å². The fourth-order valence-corrected chi connectivity index (χ4v) is 3.27. The number of hydrogen-bond donors (Lipinski definition) is 0. The maximum atomic E-state index is 12.2. The van der Waals surface area contributed by atoms with Crippen LogP contribution in [0.3, 0.4) is 0 Å². The van der Waals surface area contributed by atoms with Crippen LogP contribution in [-0.2, 0) is 4.79 Å². The van der Waals surface area contributed by atoms with Crippen molar-refractivity contribution in [2.24, 2.45) is 4.99 Å². The molecule has 0 spiro atoms. The third kappa shape index (κ3) is 2.69. The summed E-state index contributed by atoms with van der Waals surface area (Å²) in [5, 5.41) is 1.41. The highest BCUT2D eigenvalue weighted by molar-refractivity contribution is 8.18. The molecule has 6 heteroatoms. The molecule has 1 aliphatic rings. The molecule has 0 unspecified atom stereocenters. The summed E-state index contributed by atoms with van der Waals surface area (Å²) in [6.45, 7) is 0. The van der Waals surface area contributed by atoms with Gasteiger partial charge in [0.1, 0.15) is 0 Å². The van der Waals surface area contributed by atoms with Crippen molar-refractivity contribution in [1.29, 1.82) is 0 Å². The number of aromatic nitrogens is 1. The first-order chi connectivity index (χ1) is 10.6. The Morgan fingerprint density at radius 2 is 1.95 bits per heavy atom. The zero-order chi connectivity index (χ0) is 15.7. The lowest BCUT2D eigenvalue weighted by Gasteiger charge is -2.07. The predicted octanol–water partition coefficient (Wildman–Crippen LogP) is 3.66. The number of thioether (sulfide) groups is 1. The van der Waals surface area contributed by atoms with E-state index < -0.39 is 0 Å². The predicted molar refractivity (Wildman–Crippen MR) is 92.5 cm³/mol. The fraction of sp³-hybridized carbons (Fsp3) is 0.125. The smallest absolute Gasteiger partial charge is 0.266 e. The molecule has 1 aliphatic heterocycles. The second-order valence-corrected chi connectivity index (χ2v) is 6.21. The fourth-order valence-electron chi connectivity index (χ4n) is 2.23. The molecule has 112 valence electrons. The molecule has 4 nitrogen and oxygen atoms in total. The summed E-state index contributed by atoms with van der Waals surface area (Å²) >= 11 is 7.31. The van der Waals surface area contributed by atoms with Crippen LogP contribution in [0.2, 0.25) is 5.02 Å². The number of amidine groups is 1. The van der Waals surface area contributed by atoms with Crippen LogP contribution < -0.4 is 0 Å². The van der Waals surface area contributed by atoms with Crippen LogP contribution in [0.4, 0.5) is 0 Å². The summed E-state index contributed by atoms with van der Waals surface area (Å²) in [5.41, 5.74) is 1.93. The van der Waals surface area contributed by atoms with Gasteiger partial charge in [0.15, 0.2) is 5.17 Å². The largest absolute Gasteiger partial charge is 0.317 e. The topological polar surface area (TPSA) is 37.6 Å². The Bertz CT molecular complexity index is 777. The van der Waals surface area contributed by atoms with E-state index >= 15 is 0 Å². The molecule has 2 heterocycles. The van der Waals surface area contributed by atoms with Crippen LogP contribution in [0.5, 0.6) is 0 Å². The molecule has 1 aromatic heterocycles. The molecule has 0 bridgehead atoms. The molecule has 1 aromatic carbocycles. The summed E-state index contributed by atoms with van der Waals surface area (Å²) in [4.78, 5) is 18.6. The minimum atomic E-state index is -0.0329. The van der Waals surface area contributed by atoms with Crippen molar-refractivity contribution in [2.75, 3.05) is 14.1 Å². The number of nitrogens with zero attached hydrogens (tertiary/aromatic N) is 3. The molecule has 2 aromatic rings. The molecule has 1 saturated heterocycles. The number of amides is 1.